The summed E-state index contributed by atoms with van der Waals surface area (Å²) < 4.78 is 11.5. The summed E-state index contributed by atoms with van der Waals surface area (Å²) in [6, 6.07) is 12.6. The highest BCUT2D eigenvalue weighted by Crippen LogP contribution is 2.39. The molecule has 2 aliphatic heterocycles. The highest BCUT2D eigenvalue weighted by molar-refractivity contribution is 6.03. The molecule has 1 atom stereocenters. The molecule has 8 nitrogen and oxygen atoms in total. The first kappa shape index (κ1) is 20.0. The zero-order chi connectivity index (χ0) is 22.2. The van der Waals surface area contributed by atoms with Crippen molar-refractivity contribution in [1.82, 2.24) is 10.3 Å². The predicted molar refractivity (Wildman–Crippen MR) is 119 cm³/mol. The van der Waals surface area contributed by atoms with Crippen molar-refractivity contribution in [3.8, 4) is 5.75 Å². The van der Waals surface area contributed by atoms with Crippen LogP contribution in [0.1, 0.15) is 34.5 Å². The zero-order valence-electron chi connectivity index (χ0n) is 17.8. The first-order valence-corrected chi connectivity index (χ1v) is 10.4. The van der Waals surface area contributed by atoms with E-state index in [0.29, 0.717) is 23.7 Å². The lowest BCUT2D eigenvalue weighted by molar-refractivity contribution is -0.120. The number of carbonyl (C=O) groups excluding carboxylic acids is 2. The fraction of sp³-hybridized carbons (Fsp3) is 0.250. The van der Waals surface area contributed by atoms with Crippen molar-refractivity contribution in [3.63, 3.8) is 0 Å². The number of benzene rings is 2. The lowest BCUT2D eigenvalue weighted by Crippen LogP contribution is -2.49. The second kappa shape index (κ2) is 7.96. The van der Waals surface area contributed by atoms with Crippen LogP contribution < -0.4 is 15.0 Å². The summed E-state index contributed by atoms with van der Waals surface area (Å²) >= 11 is 0. The molecular weight excluding hydrogens is 408 g/mol. The van der Waals surface area contributed by atoms with E-state index in [1.807, 2.05) is 49.4 Å². The quantitative estimate of drug-likeness (QED) is 0.686. The minimum atomic E-state index is -0.859. The molecule has 0 aliphatic carbocycles. The third kappa shape index (κ3) is 3.75. The summed E-state index contributed by atoms with van der Waals surface area (Å²) in [5.41, 5.74) is 4.60. The number of likely N-dealkylation sites (N-methyl/N-ethyl adjacent to an activating group) is 1. The van der Waals surface area contributed by atoms with E-state index in [2.05, 4.69) is 15.3 Å². The van der Waals surface area contributed by atoms with Crippen LogP contribution in [0.4, 0.5) is 11.4 Å². The van der Waals surface area contributed by atoms with Gasteiger partial charge in [0.05, 0.1) is 17.6 Å². The molecule has 3 heterocycles. The number of ether oxygens (including phenoxy) is 1. The Bertz CT molecular complexity index is 1230. The minimum absolute atomic E-state index is 0.0194. The molecule has 0 fully saturated rings. The van der Waals surface area contributed by atoms with Gasteiger partial charge in [0.1, 0.15) is 18.4 Å². The van der Waals surface area contributed by atoms with Gasteiger partial charge in [0.2, 0.25) is 5.76 Å². The molecule has 0 radical (unpaired) electrons. The summed E-state index contributed by atoms with van der Waals surface area (Å²) in [4.78, 5) is 36.0. The number of hydrogen-bond acceptors (Lipinski definition) is 6. The van der Waals surface area contributed by atoms with Crippen LogP contribution in [-0.2, 0) is 17.6 Å². The van der Waals surface area contributed by atoms with Gasteiger partial charge in [-0.05, 0) is 30.2 Å². The van der Waals surface area contributed by atoms with E-state index < -0.39 is 11.9 Å². The van der Waals surface area contributed by atoms with Gasteiger partial charge in [0.25, 0.3) is 11.8 Å². The number of hydrogen-bond donors (Lipinski definition) is 1. The van der Waals surface area contributed by atoms with Crippen molar-refractivity contribution >= 4 is 28.9 Å². The van der Waals surface area contributed by atoms with E-state index in [9.17, 15) is 9.59 Å². The fourth-order valence-electron chi connectivity index (χ4n) is 3.94. The maximum absolute atomic E-state index is 13.0. The molecule has 0 saturated carbocycles. The Morgan fingerprint density at radius 1 is 1.25 bits per heavy atom. The van der Waals surface area contributed by atoms with E-state index in [4.69, 9.17) is 9.15 Å². The smallest absolute Gasteiger partial charge is 0.289 e. The first-order valence-electron chi connectivity index (χ1n) is 10.4. The van der Waals surface area contributed by atoms with Crippen molar-refractivity contribution in [3.05, 3.63) is 71.4 Å². The Labute approximate surface area is 184 Å². The predicted octanol–water partition coefficient (Wildman–Crippen LogP) is 3.07. The molecule has 3 aromatic rings. The molecule has 1 N–H and O–H groups in total. The number of fused-ring (bicyclic) bond motifs is 2. The number of nitrogens with zero attached hydrogens (tertiary/aromatic N) is 3. The first-order chi connectivity index (χ1) is 15.5. The molecule has 1 aromatic heterocycles. The van der Waals surface area contributed by atoms with Gasteiger partial charge in [-0.2, -0.15) is 0 Å². The highest BCUT2D eigenvalue weighted by atomic mass is 16.5. The average molecular weight is 430 g/mol. The lowest BCUT2D eigenvalue weighted by Gasteiger charge is -2.20. The number of carbonyl (C=O) groups is 2. The van der Waals surface area contributed by atoms with Crippen LogP contribution in [0.25, 0.3) is 0 Å². The van der Waals surface area contributed by atoms with Crippen molar-refractivity contribution in [2.24, 2.45) is 4.99 Å². The minimum Gasteiger partial charge on any atom is -0.489 e. The van der Waals surface area contributed by atoms with Crippen LogP contribution in [0.2, 0.25) is 0 Å². The standard InChI is InChI=1S/C24H22N4O4/c1-14-8-16-10-20-19(11-17(16)26-14)28(2)24(30)18(13-31-20)27-23(29)21-12-25-22(32-21)9-15-6-4-3-5-7-15/h3-7,10-12,18H,8-9,13H2,1-2H3,(H,27,29)/t18-/m0/s1. The Hall–Kier alpha value is -3.94. The van der Waals surface area contributed by atoms with E-state index >= 15 is 0 Å². The molecule has 2 amide bonds. The molecule has 2 aliphatic rings. The summed E-state index contributed by atoms with van der Waals surface area (Å²) in [5, 5.41) is 2.72. The topological polar surface area (TPSA) is 97.0 Å². The van der Waals surface area contributed by atoms with Crippen LogP contribution in [0.5, 0.6) is 5.75 Å². The van der Waals surface area contributed by atoms with Crippen LogP contribution in [0.3, 0.4) is 0 Å². The largest absolute Gasteiger partial charge is 0.489 e. The zero-order valence-corrected chi connectivity index (χ0v) is 17.8. The third-order valence-corrected chi connectivity index (χ3v) is 5.59. The monoisotopic (exact) mass is 430 g/mol. The maximum atomic E-state index is 13.0. The molecule has 32 heavy (non-hydrogen) atoms. The summed E-state index contributed by atoms with van der Waals surface area (Å²) in [6.07, 6.45) is 2.61. The summed E-state index contributed by atoms with van der Waals surface area (Å²) in [6.45, 7) is 1.99. The van der Waals surface area contributed by atoms with Gasteiger partial charge in [-0.3, -0.25) is 14.6 Å². The second-order valence-electron chi connectivity index (χ2n) is 7.99. The van der Waals surface area contributed by atoms with E-state index in [0.717, 1.165) is 28.9 Å². The van der Waals surface area contributed by atoms with E-state index in [1.165, 1.54) is 11.1 Å². The van der Waals surface area contributed by atoms with Crippen molar-refractivity contribution < 1.29 is 18.7 Å². The average Bonchev–Trinajstić information content (AvgIpc) is 3.38. The Kier molecular flexibility index (Phi) is 4.97. The number of aliphatic imine (C=N–C) groups is 1. The Balaban J connectivity index is 1.30. The molecule has 162 valence electrons. The van der Waals surface area contributed by atoms with Gasteiger partial charge in [-0.25, -0.2) is 4.98 Å². The van der Waals surface area contributed by atoms with Crippen molar-refractivity contribution in [2.75, 3.05) is 18.6 Å². The fourth-order valence-corrected chi connectivity index (χ4v) is 3.94. The van der Waals surface area contributed by atoms with Gasteiger partial charge < -0.3 is 19.4 Å². The normalized spacial score (nSPS) is 17.2. The summed E-state index contributed by atoms with van der Waals surface area (Å²) in [7, 11) is 1.67. The third-order valence-electron chi connectivity index (χ3n) is 5.59. The molecule has 5 rings (SSSR count). The van der Waals surface area contributed by atoms with Gasteiger partial charge >= 0.3 is 0 Å². The highest BCUT2D eigenvalue weighted by Gasteiger charge is 2.32. The molecule has 0 bridgehead atoms. The Morgan fingerprint density at radius 3 is 2.88 bits per heavy atom. The number of nitrogens with one attached hydrogen (secondary N) is 1. The molecule has 2 aromatic carbocycles. The number of anilines is 1. The van der Waals surface area contributed by atoms with Crippen LogP contribution in [-0.4, -0.2) is 42.2 Å². The van der Waals surface area contributed by atoms with Gasteiger partial charge in [-0.15, -0.1) is 0 Å². The Morgan fingerprint density at radius 2 is 2.06 bits per heavy atom. The molecule has 0 saturated heterocycles. The number of amides is 2. The van der Waals surface area contributed by atoms with Crippen LogP contribution >= 0.6 is 0 Å². The van der Waals surface area contributed by atoms with Crippen molar-refractivity contribution in [2.45, 2.75) is 25.8 Å². The van der Waals surface area contributed by atoms with E-state index in [-0.39, 0.29) is 18.3 Å². The van der Waals surface area contributed by atoms with Crippen LogP contribution in [0.15, 0.2) is 58.1 Å². The summed E-state index contributed by atoms with van der Waals surface area (Å²) in [5.74, 6) is 0.295. The maximum Gasteiger partial charge on any atom is 0.289 e. The number of aromatic nitrogens is 1. The number of rotatable bonds is 4. The molecule has 0 unspecified atom stereocenters. The lowest BCUT2D eigenvalue weighted by atomic mass is 10.1. The SMILES string of the molecule is CC1=Nc2cc3c(cc2C1)OC[C@H](NC(=O)c1cnc(Cc2ccccc2)o1)C(=O)N3C. The van der Waals surface area contributed by atoms with Crippen LogP contribution in [0, 0.1) is 0 Å². The van der Waals surface area contributed by atoms with Gasteiger partial charge in [-0.1, -0.05) is 30.3 Å². The molecule has 8 heteroatoms. The van der Waals surface area contributed by atoms with Gasteiger partial charge in [0.15, 0.2) is 5.89 Å². The van der Waals surface area contributed by atoms with Gasteiger partial charge in [0, 0.05) is 25.6 Å². The van der Waals surface area contributed by atoms with Crippen molar-refractivity contribution in [1.29, 1.82) is 0 Å². The number of oxazole rings is 1. The molecule has 0 spiro atoms. The second-order valence-corrected chi connectivity index (χ2v) is 7.99. The van der Waals surface area contributed by atoms with E-state index in [1.54, 1.807) is 7.05 Å². The molecular formula is C24H22N4O4.